The predicted octanol–water partition coefficient (Wildman–Crippen LogP) is 8.32. The lowest BCUT2D eigenvalue weighted by atomic mass is 10.1. The minimum atomic E-state index is -0.362. The summed E-state index contributed by atoms with van der Waals surface area (Å²) in [6, 6.07) is 0. The fraction of sp³-hybridized carbons (Fsp3) is 0.800. The van der Waals surface area contributed by atoms with Crippen LogP contribution >= 0.6 is 23.5 Å². The molecule has 1 fully saturated rings. The van der Waals surface area contributed by atoms with E-state index in [4.69, 9.17) is 4.74 Å². The van der Waals surface area contributed by atoms with Gasteiger partial charge in [0, 0.05) is 6.42 Å². The lowest BCUT2D eigenvalue weighted by Gasteiger charge is -2.33. The van der Waals surface area contributed by atoms with Crippen LogP contribution in [0.1, 0.15) is 105 Å². The zero-order valence-electron chi connectivity index (χ0n) is 19.3. The van der Waals surface area contributed by atoms with Crippen molar-refractivity contribution in [2.24, 2.45) is 0 Å². The van der Waals surface area contributed by atoms with Crippen molar-refractivity contribution in [3.05, 3.63) is 24.3 Å². The van der Waals surface area contributed by atoms with Crippen molar-refractivity contribution >= 4 is 29.5 Å². The van der Waals surface area contributed by atoms with E-state index in [0.29, 0.717) is 6.42 Å². The van der Waals surface area contributed by atoms with Crippen LogP contribution in [0.4, 0.5) is 0 Å². The molecule has 0 spiro atoms. The van der Waals surface area contributed by atoms with Crippen molar-refractivity contribution in [1.29, 1.82) is 0 Å². The average Bonchev–Trinajstić information content (AvgIpc) is 2.66. The van der Waals surface area contributed by atoms with Gasteiger partial charge in [-0.1, -0.05) is 69.8 Å². The zero-order chi connectivity index (χ0) is 21.4. The molecule has 0 unspecified atom stereocenters. The van der Waals surface area contributed by atoms with Gasteiger partial charge in [-0.2, -0.15) is 0 Å². The summed E-state index contributed by atoms with van der Waals surface area (Å²) in [6.45, 7) is 8.04. The molecule has 0 aromatic heterocycles. The number of thioether (sulfide) groups is 2. The molecule has 1 aliphatic rings. The number of unbranched alkanes of at least 4 members (excludes halogenated alkanes) is 7. The van der Waals surface area contributed by atoms with E-state index in [1.807, 2.05) is 20.8 Å². The monoisotopic (exact) mass is 440 g/mol. The van der Waals surface area contributed by atoms with Gasteiger partial charge in [0.05, 0.1) is 4.08 Å². The van der Waals surface area contributed by atoms with Crippen molar-refractivity contribution in [3.8, 4) is 0 Å². The first kappa shape index (κ1) is 26.7. The van der Waals surface area contributed by atoms with Gasteiger partial charge in [0.2, 0.25) is 0 Å². The number of allylic oxidation sites excluding steroid dienone is 3. The molecule has 0 aromatic carbocycles. The van der Waals surface area contributed by atoms with E-state index in [1.54, 1.807) is 0 Å². The largest absolute Gasteiger partial charge is 0.460 e. The maximum Gasteiger partial charge on any atom is 0.306 e. The van der Waals surface area contributed by atoms with E-state index in [0.717, 1.165) is 12.8 Å². The van der Waals surface area contributed by atoms with Crippen LogP contribution in [-0.4, -0.2) is 27.2 Å². The minimum Gasteiger partial charge on any atom is -0.460 e. The van der Waals surface area contributed by atoms with Crippen LogP contribution in [-0.2, 0) is 9.53 Å². The summed E-state index contributed by atoms with van der Waals surface area (Å²) in [5.41, 5.74) is -0.362. The van der Waals surface area contributed by atoms with Gasteiger partial charge in [-0.15, -0.1) is 23.5 Å². The Morgan fingerprint density at radius 3 is 2.34 bits per heavy atom. The Labute approximate surface area is 189 Å². The van der Waals surface area contributed by atoms with E-state index in [1.165, 1.54) is 69.3 Å². The standard InChI is InChI=1S/C25H44O2S2/c1-5-6-7-8-9-12-15-19-25(28-21-17-22-29-25)20-16-13-10-11-14-18-23(26)27-24(2,3)4/h9,12,15,19H,5-8,10-11,13-14,16-18,20-22H2,1-4H3/b12-9+,19-15+. The molecule has 168 valence electrons. The molecule has 0 amide bonds. The summed E-state index contributed by atoms with van der Waals surface area (Å²) >= 11 is 4.28. The molecule has 0 bridgehead atoms. The first-order valence-corrected chi connectivity index (χ1v) is 13.7. The highest BCUT2D eigenvalue weighted by Gasteiger charge is 2.30. The first-order chi connectivity index (χ1) is 13.9. The van der Waals surface area contributed by atoms with Crippen LogP contribution < -0.4 is 0 Å². The molecular weight excluding hydrogens is 396 g/mol. The van der Waals surface area contributed by atoms with Crippen LogP contribution in [0.25, 0.3) is 0 Å². The Bertz CT molecular complexity index is 486. The fourth-order valence-corrected chi connectivity index (χ4v) is 6.58. The number of carbonyl (C=O) groups excluding carboxylic acids is 1. The minimum absolute atomic E-state index is 0.0562. The number of rotatable bonds is 14. The molecule has 4 heteroatoms. The number of hydrogen-bond donors (Lipinski definition) is 0. The topological polar surface area (TPSA) is 26.3 Å². The van der Waals surface area contributed by atoms with Crippen molar-refractivity contribution in [2.75, 3.05) is 11.5 Å². The molecule has 0 N–H and O–H groups in total. The molecule has 0 aromatic rings. The number of carbonyl (C=O) groups is 1. The third kappa shape index (κ3) is 14.3. The highest BCUT2D eigenvalue weighted by molar-refractivity contribution is 8.19. The summed E-state index contributed by atoms with van der Waals surface area (Å²) in [5.74, 6) is 2.51. The van der Waals surface area contributed by atoms with Gasteiger partial charge in [-0.05, 0) is 64.4 Å². The Hall–Kier alpha value is -0.350. The van der Waals surface area contributed by atoms with Crippen LogP contribution in [0.15, 0.2) is 24.3 Å². The molecule has 0 atom stereocenters. The van der Waals surface area contributed by atoms with Gasteiger partial charge in [0.1, 0.15) is 5.60 Å². The fourth-order valence-electron chi connectivity index (χ4n) is 3.37. The predicted molar refractivity (Wildman–Crippen MR) is 133 cm³/mol. The van der Waals surface area contributed by atoms with Gasteiger partial charge < -0.3 is 4.74 Å². The molecule has 1 aliphatic heterocycles. The highest BCUT2D eigenvalue weighted by Crippen LogP contribution is 2.47. The van der Waals surface area contributed by atoms with Crippen LogP contribution in [0.5, 0.6) is 0 Å². The maximum atomic E-state index is 11.8. The van der Waals surface area contributed by atoms with Crippen molar-refractivity contribution in [2.45, 2.75) is 114 Å². The summed E-state index contributed by atoms with van der Waals surface area (Å²) < 4.78 is 5.65. The Morgan fingerprint density at radius 2 is 1.66 bits per heavy atom. The second-order valence-corrected chi connectivity index (χ2v) is 12.1. The quantitative estimate of drug-likeness (QED) is 0.154. The zero-order valence-corrected chi connectivity index (χ0v) is 21.0. The van der Waals surface area contributed by atoms with Crippen molar-refractivity contribution in [1.82, 2.24) is 0 Å². The normalized spacial score (nSPS) is 17.2. The van der Waals surface area contributed by atoms with Crippen molar-refractivity contribution in [3.63, 3.8) is 0 Å². The van der Waals surface area contributed by atoms with Gasteiger partial charge in [0.25, 0.3) is 0 Å². The van der Waals surface area contributed by atoms with Gasteiger partial charge in [-0.3, -0.25) is 4.79 Å². The van der Waals surface area contributed by atoms with Gasteiger partial charge >= 0.3 is 5.97 Å². The lowest BCUT2D eigenvalue weighted by Crippen LogP contribution is -2.23. The molecule has 0 radical (unpaired) electrons. The number of ether oxygens (including phenoxy) is 1. The highest BCUT2D eigenvalue weighted by atomic mass is 32.2. The molecule has 1 heterocycles. The van der Waals surface area contributed by atoms with E-state index < -0.39 is 0 Å². The summed E-state index contributed by atoms with van der Waals surface area (Å²) in [6.07, 6.45) is 23.4. The molecule has 0 aliphatic carbocycles. The van der Waals surface area contributed by atoms with E-state index in [9.17, 15) is 4.79 Å². The maximum absolute atomic E-state index is 11.8. The molecule has 29 heavy (non-hydrogen) atoms. The SMILES string of the molecule is CCCCC/C=C/C=C/C1(CCCCCCCC(=O)OC(C)(C)C)SCCCS1. The summed E-state index contributed by atoms with van der Waals surface area (Å²) in [5, 5.41) is 0. The Morgan fingerprint density at radius 1 is 0.966 bits per heavy atom. The third-order valence-electron chi connectivity index (χ3n) is 4.88. The van der Waals surface area contributed by atoms with Crippen molar-refractivity contribution < 1.29 is 9.53 Å². The number of hydrogen-bond acceptors (Lipinski definition) is 4. The Balaban J connectivity index is 2.24. The summed E-state index contributed by atoms with van der Waals surface area (Å²) in [4.78, 5) is 11.8. The van der Waals surface area contributed by atoms with Crippen LogP contribution in [0.3, 0.4) is 0 Å². The second-order valence-electron chi connectivity index (χ2n) is 9.00. The average molecular weight is 441 g/mol. The lowest BCUT2D eigenvalue weighted by molar-refractivity contribution is -0.154. The summed E-state index contributed by atoms with van der Waals surface area (Å²) in [7, 11) is 0. The molecule has 1 rings (SSSR count). The molecule has 2 nitrogen and oxygen atoms in total. The van der Waals surface area contributed by atoms with E-state index in [2.05, 4.69) is 54.8 Å². The molecule has 0 saturated carbocycles. The first-order valence-electron chi connectivity index (χ1n) is 11.7. The number of esters is 1. The third-order valence-corrected chi connectivity index (χ3v) is 8.23. The van der Waals surface area contributed by atoms with E-state index >= 15 is 0 Å². The molecular formula is C25H44O2S2. The van der Waals surface area contributed by atoms with Crippen LogP contribution in [0, 0.1) is 0 Å². The second kappa shape index (κ2) is 15.5. The Kier molecular flexibility index (Phi) is 14.2. The van der Waals surface area contributed by atoms with Gasteiger partial charge in [-0.25, -0.2) is 0 Å². The van der Waals surface area contributed by atoms with Crippen LogP contribution in [0.2, 0.25) is 0 Å². The molecule has 1 saturated heterocycles. The van der Waals surface area contributed by atoms with Gasteiger partial charge in [0.15, 0.2) is 0 Å². The van der Waals surface area contributed by atoms with E-state index in [-0.39, 0.29) is 15.6 Å². The smallest absolute Gasteiger partial charge is 0.306 e.